The van der Waals surface area contributed by atoms with E-state index in [0.29, 0.717) is 0 Å². The van der Waals surface area contributed by atoms with Gasteiger partial charge >= 0.3 is 6.09 Å². The van der Waals surface area contributed by atoms with Crippen molar-refractivity contribution in [2.75, 3.05) is 26.2 Å². The first-order valence-electron chi connectivity index (χ1n) is 7.45. The molecule has 19 heavy (non-hydrogen) atoms. The van der Waals surface area contributed by atoms with E-state index in [4.69, 9.17) is 4.74 Å². The first-order valence-corrected chi connectivity index (χ1v) is 7.45. The number of hydrogen-bond acceptors (Lipinski definition) is 3. The molecule has 1 rings (SSSR count). The van der Waals surface area contributed by atoms with E-state index in [1.165, 1.54) is 0 Å². The van der Waals surface area contributed by atoms with E-state index in [1.54, 1.807) is 0 Å². The molecule has 112 valence electrons. The summed E-state index contributed by atoms with van der Waals surface area (Å²) < 4.78 is 5.42. The smallest absolute Gasteiger partial charge is 0.410 e. The Morgan fingerprint density at radius 1 is 1.00 bits per heavy atom. The maximum atomic E-state index is 12.0. The molecule has 1 saturated heterocycles. The fourth-order valence-electron chi connectivity index (χ4n) is 2.45. The van der Waals surface area contributed by atoms with Gasteiger partial charge in [-0.3, -0.25) is 4.90 Å². The van der Waals surface area contributed by atoms with E-state index in [1.807, 2.05) is 25.7 Å². The molecule has 0 aromatic heterocycles. The molecule has 0 aromatic rings. The number of amides is 1. The topological polar surface area (TPSA) is 32.8 Å². The molecule has 0 unspecified atom stereocenters. The number of carbonyl (C=O) groups excluding carboxylic acids is 1. The summed E-state index contributed by atoms with van der Waals surface area (Å²) in [6.07, 6.45) is 2.12. The molecule has 0 bridgehead atoms. The maximum absolute atomic E-state index is 12.0. The maximum Gasteiger partial charge on any atom is 0.410 e. The van der Waals surface area contributed by atoms with Gasteiger partial charge in [-0.1, -0.05) is 13.8 Å². The fraction of sp³-hybridized carbons (Fsp3) is 0.933. The first-order chi connectivity index (χ1) is 8.72. The van der Waals surface area contributed by atoms with Gasteiger partial charge < -0.3 is 9.64 Å². The van der Waals surface area contributed by atoms with Crippen LogP contribution in [0, 0.1) is 0 Å². The lowest BCUT2D eigenvalue weighted by molar-refractivity contribution is -0.00224. The van der Waals surface area contributed by atoms with Crippen LogP contribution in [0.4, 0.5) is 4.79 Å². The van der Waals surface area contributed by atoms with Gasteiger partial charge in [0.15, 0.2) is 0 Å². The van der Waals surface area contributed by atoms with Gasteiger partial charge in [0.1, 0.15) is 5.60 Å². The first kappa shape index (κ1) is 16.3. The Labute approximate surface area is 118 Å². The number of rotatable bonds is 3. The zero-order valence-electron chi connectivity index (χ0n) is 13.5. The third-order valence-corrected chi connectivity index (χ3v) is 4.22. The van der Waals surface area contributed by atoms with E-state index in [0.717, 1.165) is 39.0 Å². The largest absolute Gasteiger partial charge is 0.444 e. The van der Waals surface area contributed by atoms with Crippen LogP contribution in [0.5, 0.6) is 0 Å². The van der Waals surface area contributed by atoms with Crippen LogP contribution in [-0.2, 0) is 4.74 Å². The van der Waals surface area contributed by atoms with Crippen LogP contribution in [0.3, 0.4) is 0 Å². The standard InChI is InChI=1S/C15H30N2O2/c1-7-15(6,8-2)17-11-9-16(10-12-17)13(18)19-14(3,4)5/h7-12H2,1-6H3. The molecule has 0 saturated carbocycles. The molecule has 0 aliphatic carbocycles. The van der Waals surface area contributed by atoms with Crippen LogP contribution in [-0.4, -0.2) is 53.2 Å². The van der Waals surface area contributed by atoms with Gasteiger partial charge in [0.25, 0.3) is 0 Å². The van der Waals surface area contributed by atoms with Gasteiger partial charge in [-0.2, -0.15) is 0 Å². The summed E-state index contributed by atoms with van der Waals surface area (Å²) in [4.78, 5) is 16.3. The Bertz CT molecular complexity index is 298. The Morgan fingerprint density at radius 3 is 1.84 bits per heavy atom. The second kappa shape index (κ2) is 6.12. The molecule has 1 aliphatic rings. The van der Waals surface area contributed by atoms with Crippen LogP contribution < -0.4 is 0 Å². The number of ether oxygens (including phenoxy) is 1. The third-order valence-electron chi connectivity index (χ3n) is 4.22. The second-order valence-corrected chi connectivity index (χ2v) is 6.66. The average Bonchev–Trinajstić information content (AvgIpc) is 2.36. The summed E-state index contributed by atoms with van der Waals surface area (Å²) in [5.74, 6) is 0. The number of carbonyl (C=O) groups is 1. The minimum absolute atomic E-state index is 0.179. The number of nitrogens with zero attached hydrogens (tertiary/aromatic N) is 2. The minimum atomic E-state index is -0.407. The SMILES string of the molecule is CCC(C)(CC)N1CCN(C(=O)OC(C)(C)C)CC1. The summed E-state index contributed by atoms with van der Waals surface area (Å²) in [5.41, 5.74) is -0.143. The highest BCUT2D eigenvalue weighted by Gasteiger charge is 2.33. The Morgan fingerprint density at radius 2 is 1.47 bits per heavy atom. The lowest BCUT2D eigenvalue weighted by Crippen LogP contribution is -2.56. The van der Waals surface area contributed by atoms with Gasteiger partial charge in [0.05, 0.1) is 0 Å². The van der Waals surface area contributed by atoms with Crippen molar-refractivity contribution in [1.29, 1.82) is 0 Å². The van der Waals surface area contributed by atoms with Crippen molar-refractivity contribution >= 4 is 6.09 Å². The molecule has 0 aromatic carbocycles. The van der Waals surface area contributed by atoms with Crippen molar-refractivity contribution in [1.82, 2.24) is 9.80 Å². The monoisotopic (exact) mass is 270 g/mol. The average molecular weight is 270 g/mol. The van der Waals surface area contributed by atoms with E-state index in [-0.39, 0.29) is 11.6 Å². The highest BCUT2D eigenvalue weighted by molar-refractivity contribution is 5.68. The number of hydrogen-bond donors (Lipinski definition) is 0. The summed E-state index contributed by atoms with van der Waals surface area (Å²) in [6, 6.07) is 0. The predicted molar refractivity (Wildman–Crippen MR) is 78.4 cm³/mol. The third kappa shape index (κ3) is 4.37. The van der Waals surface area contributed by atoms with Crippen molar-refractivity contribution in [2.24, 2.45) is 0 Å². The van der Waals surface area contributed by atoms with Crippen LogP contribution in [0.1, 0.15) is 54.4 Å². The van der Waals surface area contributed by atoms with Crippen LogP contribution >= 0.6 is 0 Å². The van der Waals surface area contributed by atoms with Gasteiger partial charge in [-0.15, -0.1) is 0 Å². The van der Waals surface area contributed by atoms with Crippen LogP contribution in [0.2, 0.25) is 0 Å². The molecular formula is C15H30N2O2. The van der Waals surface area contributed by atoms with Crippen molar-refractivity contribution in [2.45, 2.75) is 65.5 Å². The molecule has 0 atom stereocenters. The predicted octanol–water partition coefficient (Wildman–Crippen LogP) is 3.12. The molecular weight excluding hydrogens is 240 g/mol. The summed E-state index contributed by atoms with van der Waals surface area (Å²) >= 11 is 0. The van der Waals surface area contributed by atoms with Gasteiger partial charge in [-0.25, -0.2) is 4.79 Å². The summed E-state index contributed by atoms with van der Waals surface area (Å²) in [5, 5.41) is 0. The molecule has 0 N–H and O–H groups in total. The molecule has 1 fully saturated rings. The zero-order valence-corrected chi connectivity index (χ0v) is 13.5. The molecule has 4 heteroatoms. The van der Waals surface area contributed by atoms with Crippen LogP contribution in [0.25, 0.3) is 0 Å². The van der Waals surface area contributed by atoms with E-state index in [2.05, 4.69) is 25.7 Å². The molecule has 1 amide bonds. The lowest BCUT2D eigenvalue weighted by atomic mass is 9.92. The van der Waals surface area contributed by atoms with E-state index in [9.17, 15) is 4.79 Å². The summed E-state index contributed by atoms with van der Waals surface area (Å²) in [7, 11) is 0. The minimum Gasteiger partial charge on any atom is -0.444 e. The van der Waals surface area contributed by atoms with Gasteiger partial charge in [0.2, 0.25) is 0 Å². The second-order valence-electron chi connectivity index (χ2n) is 6.66. The van der Waals surface area contributed by atoms with Crippen molar-refractivity contribution in [3.8, 4) is 0 Å². The molecule has 1 aliphatic heterocycles. The fourth-order valence-corrected chi connectivity index (χ4v) is 2.45. The van der Waals surface area contributed by atoms with E-state index < -0.39 is 5.60 Å². The van der Waals surface area contributed by atoms with Crippen LogP contribution in [0.15, 0.2) is 0 Å². The summed E-state index contributed by atoms with van der Waals surface area (Å²) in [6.45, 7) is 15.9. The van der Waals surface area contributed by atoms with Gasteiger partial charge in [0, 0.05) is 31.7 Å². The van der Waals surface area contributed by atoms with Crippen molar-refractivity contribution < 1.29 is 9.53 Å². The number of piperazine rings is 1. The molecule has 4 nitrogen and oxygen atoms in total. The lowest BCUT2D eigenvalue weighted by Gasteiger charge is -2.45. The molecule has 0 radical (unpaired) electrons. The molecule has 0 spiro atoms. The highest BCUT2D eigenvalue weighted by Crippen LogP contribution is 2.25. The zero-order chi connectivity index (χ0) is 14.7. The molecule has 1 heterocycles. The Kier molecular flexibility index (Phi) is 5.25. The van der Waals surface area contributed by atoms with Crippen molar-refractivity contribution in [3.63, 3.8) is 0 Å². The normalized spacial score (nSPS) is 18.5. The highest BCUT2D eigenvalue weighted by atomic mass is 16.6. The van der Waals surface area contributed by atoms with E-state index >= 15 is 0 Å². The van der Waals surface area contributed by atoms with Gasteiger partial charge in [-0.05, 0) is 40.5 Å². The van der Waals surface area contributed by atoms with Crippen molar-refractivity contribution in [3.05, 3.63) is 0 Å². The Hall–Kier alpha value is -0.770. The quantitative estimate of drug-likeness (QED) is 0.790. The Balaban J connectivity index is 2.51.